The molecule has 3 rings (SSSR count). The molecule has 1 aromatic rings. The maximum Gasteiger partial charge on any atom is 0.267 e. The number of methoxy groups -OCH3 is 1. The molecule has 0 N–H and O–H groups in total. The minimum absolute atomic E-state index is 0.137. The maximum atomic E-state index is 12.6. The van der Waals surface area contributed by atoms with Crippen LogP contribution in [0, 0.1) is 0 Å². The molecule has 0 radical (unpaired) electrons. The lowest BCUT2D eigenvalue weighted by Gasteiger charge is -2.17. The van der Waals surface area contributed by atoms with Crippen LogP contribution < -0.4 is 9.64 Å². The van der Waals surface area contributed by atoms with E-state index in [1.807, 2.05) is 19.9 Å². The monoisotopic (exact) mass is 304 g/mol. The van der Waals surface area contributed by atoms with E-state index in [0.717, 1.165) is 5.69 Å². The highest BCUT2D eigenvalue weighted by Gasteiger charge is 2.72. The van der Waals surface area contributed by atoms with E-state index in [9.17, 15) is 9.59 Å². The van der Waals surface area contributed by atoms with E-state index < -0.39 is 11.7 Å². The molecule has 1 aromatic carbocycles. The SMILES string of the molecule is CCN(CC)C(=O)C1OC12C(=O)N(C)c1ccc(OC)cc12. The van der Waals surface area contributed by atoms with E-state index in [1.54, 1.807) is 36.1 Å². The largest absolute Gasteiger partial charge is 0.497 e. The fraction of sp³-hybridized carbons (Fsp3) is 0.500. The van der Waals surface area contributed by atoms with Crippen LogP contribution >= 0.6 is 0 Å². The molecule has 2 aliphatic rings. The zero-order valence-electron chi connectivity index (χ0n) is 13.3. The van der Waals surface area contributed by atoms with Gasteiger partial charge in [-0.15, -0.1) is 0 Å². The average molecular weight is 304 g/mol. The first-order chi connectivity index (χ1) is 10.5. The third-order valence-corrected chi connectivity index (χ3v) is 4.50. The van der Waals surface area contributed by atoms with Gasteiger partial charge in [-0.1, -0.05) is 0 Å². The second-order valence-corrected chi connectivity index (χ2v) is 5.49. The van der Waals surface area contributed by atoms with E-state index >= 15 is 0 Å². The number of anilines is 1. The van der Waals surface area contributed by atoms with Crippen molar-refractivity contribution in [2.45, 2.75) is 25.6 Å². The van der Waals surface area contributed by atoms with Crippen molar-refractivity contribution in [2.75, 3.05) is 32.1 Å². The minimum atomic E-state index is -1.17. The van der Waals surface area contributed by atoms with Gasteiger partial charge < -0.3 is 19.3 Å². The first-order valence-electron chi connectivity index (χ1n) is 7.44. The van der Waals surface area contributed by atoms with Gasteiger partial charge in [0.2, 0.25) is 5.60 Å². The van der Waals surface area contributed by atoms with Gasteiger partial charge >= 0.3 is 0 Å². The molecule has 2 aliphatic heterocycles. The number of nitrogens with zero attached hydrogens (tertiary/aromatic N) is 2. The van der Waals surface area contributed by atoms with Gasteiger partial charge in [-0.2, -0.15) is 0 Å². The quantitative estimate of drug-likeness (QED) is 0.783. The van der Waals surface area contributed by atoms with Gasteiger partial charge in [0, 0.05) is 25.7 Å². The Morgan fingerprint density at radius 1 is 1.41 bits per heavy atom. The Bertz CT molecular complexity index is 641. The van der Waals surface area contributed by atoms with Gasteiger partial charge in [0.1, 0.15) is 5.75 Å². The van der Waals surface area contributed by atoms with E-state index in [4.69, 9.17) is 9.47 Å². The Labute approximate surface area is 129 Å². The van der Waals surface area contributed by atoms with E-state index in [1.165, 1.54) is 0 Å². The number of carbonyl (C=O) groups is 2. The first kappa shape index (κ1) is 14.8. The molecule has 2 unspecified atom stereocenters. The molecule has 0 saturated carbocycles. The summed E-state index contributed by atoms with van der Waals surface area (Å²) in [5.74, 6) is 0.314. The Kier molecular flexibility index (Phi) is 3.36. The molecular weight excluding hydrogens is 284 g/mol. The minimum Gasteiger partial charge on any atom is -0.497 e. The lowest BCUT2D eigenvalue weighted by Crippen LogP contribution is -2.39. The number of fused-ring (bicyclic) bond motifs is 2. The van der Waals surface area contributed by atoms with Crippen LogP contribution in [-0.4, -0.2) is 50.1 Å². The zero-order chi connectivity index (χ0) is 16.1. The Morgan fingerprint density at radius 2 is 2.09 bits per heavy atom. The highest BCUT2D eigenvalue weighted by molar-refractivity contribution is 6.12. The molecule has 22 heavy (non-hydrogen) atoms. The molecule has 1 fully saturated rings. The first-order valence-corrected chi connectivity index (χ1v) is 7.44. The van der Waals surface area contributed by atoms with Crippen molar-refractivity contribution >= 4 is 17.5 Å². The fourth-order valence-electron chi connectivity index (χ4n) is 3.15. The number of likely N-dealkylation sites (N-methyl/N-ethyl adjacent to an activating group) is 2. The predicted octanol–water partition coefficient (Wildman–Crippen LogP) is 1.13. The van der Waals surface area contributed by atoms with Crippen LogP contribution in [0.5, 0.6) is 5.75 Å². The van der Waals surface area contributed by atoms with Gasteiger partial charge in [0.05, 0.1) is 12.8 Å². The van der Waals surface area contributed by atoms with Crippen LogP contribution in [-0.2, 0) is 19.9 Å². The molecule has 118 valence electrons. The summed E-state index contributed by atoms with van der Waals surface area (Å²) >= 11 is 0. The van der Waals surface area contributed by atoms with Gasteiger partial charge in [0.25, 0.3) is 11.8 Å². The number of ether oxygens (including phenoxy) is 2. The topological polar surface area (TPSA) is 62.4 Å². The van der Waals surface area contributed by atoms with E-state index in [0.29, 0.717) is 24.4 Å². The number of rotatable bonds is 4. The molecule has 0 bridgehead atoms. The summed E-state index contributed by atoms with van der Waals surface area (Å²) in [6.07, 6.45) is -0.740. The number of epoxide rings is 1. The van der Waals surface area contributed by atoms with E-state index in [-0.39, 0.29) is 11.8 Å². The fourth-order valence-corrected chi connectivity index (χ4v) is 3.15. The molecule has 0 aromatic heterocycles. The molecule has 6 nitrogen and oxygen atoms in total. The van der Waals surface area contributed by atoms with Crippen molar-refractivity contribution < 1.29 is 19.1 Å². The van der Waals surface area contributed by atoms with Gasteiger partial charge in [0.15, 0.2) is 6.10 Å². The lowest BCUT2D eigenvalue weighted by atomic mass is 9.96. The number of hydrogen-bond donors (Lipinski definition) is 0. The van der Waals surface area contributed by atoms with Crippen LogP contribution in [0.2, 0.25) is 0 Å². The van der Waals surface area contributed by atoms with Crippen molar-refractivity contribution in [2.24, 2.45) is 0 Å². The van der Waals surface area contributed by atoms with Crippen LogP contribution in [0.4, 0.5) is 5.69 Å². The summed E-state index contributed by atoms with van der Waals surface area (Å²) in [6, 6.07) is 5.40. The standard InChI is InChI=1S/C16H20N2O4/c1-5-18(6-2)14(19)13-16(22-13)11-9-10(21-4)7-8-12(11)17(3)15(16)20/h7-9,13H,5-6H2,1-4H3. The molecule has 0 aliphatic carbocycles. The second-order valence-electron chi connectivity index (χ2n) is 5.49. The predicted molar refractivity (Wildman–Crippen MR) is 80.9 cm³/mol. The summed E-state index contributed by atoms with van der Waals surface area (Å²) in [6.45, 7) is 5.02. The summed E-state index contributed by atoms with van der Waals surface area (Å²) in [5, 5.41) is 0. The second kappa shape index (κ2) is 4.98. The maximum absolute atomic E-state index is 12.6. The summed E-state index contributed by atoms with van der Waals surface area (Å²) in [5.41, 5.74) is 0.309. The van der Waals surface area contributed by atoms with E-state index in [2.05, 4.69) is 0 Å². The van der Waals surface area contributed by atoms with Crippen molar-refractivity contribution in [3.8, 4) is 5.75 Å². The molecule has 1 spiro atoms. The highest BCUT2D eigenvalue weighted by atomic mass is 16.6. The Balaban J connectivity index is 2.00. The number of carbonyl (C=O) groups excluding carboxylic acids is 2. The lowest BCUT2D eigenvalue weighted by molar-refractivity contribution is -0.132. The van der Waals surface area contributed by atoms with Crippen LogP contribution in [0.25, 0.3) is 0 Å². The van der Waals surface area contributed by atoms with Gasteiger partial charge in [-0.3, -0.25) is 9.59 Å². The highest BCUT2D eigenvalue weighted by Crippen LogP contribution is 2.56. The third-order valence-electron chi connectivity index (χ3n) is 4.50. The summed E-state index contributed by atoms with van der Waals surface area (Å²) < 4.78 is 10.9. The summed E-state index contributed by atoms with van der Waals surface area (Å²) in [7, 11) is 3.27. The van der Waals surface area contributed by atoms with Crippen molar-refractivity contribution in [1.82, 2.24) is 4.90 Å². The molecule has 2 heterocycles. The molecule has 2 atom stereocenters. The van der Waals surface area contributed by atoms with Gasteiger partial charge in [-0.25, -0.2) is 0 Å². The van der Waals surface area contributed by atoms with Crippen LogP contribution in [0.1, 0.15) is 19.4 Å². The average Bonchev–Trinajstić information content (AvgIpc) is 3.26. The zero-order valence-corrected chi connectivity index (χ0v) is 13.3. The molecule has 6 heteroatoms. The van der Waals surface area contributed by atoms with Crippen LogP contribution in [0.15, 0.2) is 18.2 Å². The molecule has 2 amide bonds. The third kappa shape index (κ3) is 1.76. The Hall–Kier alpha value is -2.08. The number of benzene rings is 1. The Morgan fingerprint density at radius 3 is 2.68 bits per heavy atom. The molecular formula is C16H20N2O4. The van der Waals surface area contributed by atoms with Crippen LogP contribution in [0.3, 0.4) is 0 Å². The number of amides is 2. The summed E-state index contributed by atoms with van der Waals surface area (Å²) in [4.78, 5) is 28.4. The number of hydrogen-bond acceptors (Lipinski definition) is 4. The van der Waals surface area contributed by atoms with Gasteiger partial charge in [-0.05, 0) is 32.0 Å². The normalized spacial score (nSPS) is 25.4. The molecule has 1 saturated heterocycles. The van der Waals surface area contributed by atoms with Crippen molar-refractivity contribution in [3.63, 3.8) is 0 Å². The van der Waals surface area contributed by atoms with Crippen molar-refractivity contribution in [3.05, 3.63) is 23.8 Å². The van der Waals surface area contributed by atoms with Crippen molar-refractivity contribution in [1.29, 1.82) is 0 Å². The smallest absolute Gasteiger partial charge is 0.267 e.